The van der Waals surface area contributed by atoms with E-state index in [2.05, 4.69) is 5.16 Å². The number of allylic oxidation sites excluding steroid dienone is 2. The van der Waals surface area contributed by atoms with E-state index in [1.807, 2.05) is 11.8 Å². The molecule has 5 heteroatoms. The maximum Gasteiger partial charge on any atom is 0.168 e. The number of hydrogen-bond donors (Lipinski definition) is 1. The lowest BCUT2D eigenvalue weighted by Gasteiger charge is -2.32. The number of hydrogen-bond acceptors (Lipinski definition) is 5. The summed E-state index contributed by atoms with van der Waals surface area (Å²) in [4.78, 5) is 17.8. The van der Waals surface area contributed by atoms with Crippen LogP contribution in [0.25, 0.3) is 0 Å². The van der Waals surface area contributed by atoms with E-state index in [1.54, 1.807) is 6.92 Å². The Labute approximate surface area is 144 Å². The van der Waals surface area contributed by atoms with E-state index in [0.29, 0.717) is 12.3 Å². The first-order valence-electron chi connectivity index (χ1n) is 10.3. The van der Waals surface area contributed by atoms with E-state index in [1.165, 1.54) is 0 Å². The Hall–Kier alpha value is -0.970. The maximum atomic E-state index is 12.8. The average molecular weight is 331 g/mol. The van der Waals surface area contributed by atoms with Gasteiger partial charge in [-0.3, -0.25) is 4.79 Å². The Morgan fingerprint density at radius 2 is 2.41 bits per heavy atom. The van der Waals surface area contributed by atoms with Crippen LogP contribution in [-0.4, -0.2) is 34.7 Å². The molecule has 1 N–H and O–H groups in total. The summed E-state index contributed by atoms with van der Waals surface area (Å²) in [7, 11) is 0. The fraction of sp³-hybridized carbons (Fsp3) is 0.765. The zero-order valence-corrected chi connectivity index (χ0v) is 13.7. The first kappa shape index (κ1) is 11.5. The summed E-state index contributed by atoms with van der Waals surface area (Å²) < 4.78 is 37.8. The summed E-state index contributed by atoms with van der Waals surface area (Å²) >= 11 is 1.86. The first-order chi connectivity index (χ1) is 12.6. The van der Waals surface area contributed by atoms with Crippen LogP contribution in [0.15, 0.2) is 16.5 Å². The standard InChI is InChI=1S/C17H27NO3S/c1-3-6-14(18-21-4-2)17-15(19)9-13(10-16(17)20)12-7-5-8-22-11-12/h12-13,19H,3-11H2,1-2H3/b18-14+/i1D3,3D2. The van der Waals surface area contributed by atoms with E-state index in [0.717, 1.165) is 24.3 Å². The number of Topliss-reactive ketones (excluding diaryl/α,β-unsaturated/α-hetero) is 1. The summed E-state index contributed by atoms with van der Waals surface area (Å²) in [5.41, 5.74) is -0.201. The van der Waals surface area contributed by atoms with Crippen LogP contribution in [0.1, 0.15) is 59.1 Å². The van der Waals surface area contributed by atoms with Gasteiger partial charge in [0.15, 0.2) is 5.78 Å². The molecule has 0 radical (unpaired) electrons. The highest BCUT2D eigenvalue weighted by molar-refractivity contribution is 7.99. The minimum Gasteiger partial charge on any atom is -0.511 e. The quantitative estimate of drug-likeness (QED) is 0.588. The Morgan fingerprint density at radius 3 is 3.05 bits per heavy atom. The molecular weight excluding hydrogens is 298 g/mol. The molecule has 0 spiro atoms. The predicted octanol–water partition coefficient (Wildman–Crippen LogP) is 4.11. The van der Waals surface area contributed by atoms with Crippen molar-refractivity contribution in [1.82, 2.24) is 0 Å². The molecule has 2 unspecified atom stereocenters. The van der Waals surface area contributed by atoms with Gasteiger partial charge in [0.25, 0.3) is 0 Å². The smallest absolute Gasteiger partial charge is 0.168 e. The van der Waals surface area contributed by atoms with Crippen LogP contribution in [0.3, 0.4) is 0 Å². The van der Waals surface area contributed by atoms with Crippen LogP contribution in [0.5, 0.6) is 0 Å². The molecular formula is C17H27NO3S. The summed E-state index contributed by atoms with van der Waals surface area (Å²) in [5.74, 6) is 2.08. The van der Waals surface area contributed by atoms with E-state index >= 15 is 0 Å². The lowest BCUT2D eigenvalue weighted by molar-refractivity contribution is -0.117. The fourth-order valence-corrected chi connectivity index (χ4v) is 4.39. The van der Waals surface area contributed by atoms with Gasteiger partial charge in [0.1, 0.15) is 12.4 Å². The maximum absolute atomic E-state index is 12.8. The number of nitrogens with zero attached hydrogens (tertiary/aromatic N) is 1. The molecule has 2 aliphatic rings. The number of carbonyl (C=O) groups excluding carboxylic acids is 1. The molecule has 2 rings (SSSR count). The van der Waals surface area contributed by atoms with Crippen molar-refractivity contribution in [2.45, 2.75) is 52.3 Å². The number of thioether (sulfide) groups is 1. The van der Waals surface area contributed by atoms with Gasteiger partial charge in [0.2, 0.25) is 0 Å². The Kier molecular flexibility index (Phi) is 4.52. The summed E-state index contributed by atoms with van der Waals surface area (Å²) in [6.07, 6.45) is -0.491. The van der Waals surface area contributed by atoms with Gasteiger partial charge in [-0.15, -0.1) is 0 Å². The molecule has 22 heavy (non-hydrogen) atoms. The minimum atomic E-state index is -2.88. The summed E-state index contributed by atoms with van der Waals surface area (Å²) in [5, 5.41) is 14.3. The summed E-state index contributed by atoms with van der Waals surface area (Å²) in [6, 6.07) is 0. The van der Waals surface area contributed by atoms with Crippen LogP contribution in [0, 0.1) is 11.8 Å². The third kappa shape index (κ3) is 4.28. The molecule has 4 nitrogen and oxygen atoms in total. The van der Waals surface area contributed by atoms with Crippen molar-refractivity contribution in [3.63, 3.8) is 0 Å². The van der Waals surface area contributed by atoms with Crippen molar-refractivity contribution in [1.29, 1.82) is 0 Å². The number of aliphatic hydroxyl groups is 1. The molecule has 0 aromatic heterocycles. The van der Waals surface area contributed by atoms with Gasteiger partial charge in [-0.25, -0.2) is 0 Å². The van der Waals surface area contributed by atoms with Crippen LogP contribution >= 0.6 is 11.8 Å². The molecule has 0 aromatic rings. The zero-order chi connectivity index (χ0) is 20.2. The number of aliphatic hydroxyl groups excluding tert-OH is 1. The second kappa shape index (κ2) is 8.61. The third-order valence-corrected chi connectivity index (χ3v) is 5.42. The van der Waals surface area contributed by atoms with Gasteiger partial charge in [-0.05, 0) is 49.5 Å². The highest BCUT2D eigenvalue weighted by Gasteiger charge is 2.35. The van der Waals surface area contributed by atoms with Crippen LogP contribution in [0.4, 0.5) is 0 Å². The van der Waals surface area contributed by atoms with Crippen LogP contribution in [-0.2, 0) is 9.63 Å². The second-order valence-electron chi connectivity index (χ2n) is 5.70. The lowest BCUT2D eigenvalue weighted by Crippen LogP contribution is -2.30. The lowest BCUT2D eigenvalue weighted by atomic mass is 9.76. The molecule has 1 saturated heterocycles. The van der Waals surface area contributed by atoms with E-state index < -0.39 is 19.6 Å². The SMILES string of the molecule is [2H]C([2H])([2H])C([2H])([2H])C/C(=N\OCC)C1=C(O)CC(C2CCCSC2)CC1=O. The molecule has 1 fully saturated rings. The van der Waals surface area contributed by atoms with Gasteiger partial charge in [0, 0.05) is 19.7 Å². The summed E-state index contributed by atoms with van der Waals surface area (Å²) in [6.45, 7) is -1.02. The Balaban J connectivity index is 2.27. The van der Waals surface area contributed by atoms with E-state index in [9.17, 15) is 9.90 Å². The number of ketones is 1. The van der Waals surface area contributed by atoms with Crippen molar-refractivity contribution in [3.05, 3.63) is 11.3 Å². The van der Waals surface area contributed by atoms with Crippen molar-refractivity contribution in [3.8, 4) is 0 Å². The van der Waals surface area contributed by atoms with Gasteiger partial charge >= 0.3 is 0 Å². The number of rotatable bonds is 6. The molecule has 1 heterocycles. The molecule has 0 bridgehead atoms. The van der Waals surface area contributed by atoms with Gasteiger partial charge in [-0.2, -0.15) is 11.8 Å². The largest absolute Gasteiger partial charge is 0.511 e. The third-order valence-electron chi connectivity index (χ3n) is 4.18. The Bertz CT molecular complexity index is 612. The minimum absolute atomic E-state index is 0.0572. The van der Waals surface area contributed by atoms with Crippen LogP contribution in [0.2, 0.25) is 0 Å². The van der Waals surface area contributed by atoms with Gasteiger partial charge < -0.3 is 9.94 Å². The second-order valence-corrected chi connectivity index (χ2v) is 6.85. The van der Waals surface area contributed by atoms with Crippen molar-refractivity contribution in [2.75, 3.05) is 18.1 Å². The van der Waals surface area contributed by atoms with Crippen molar-refractivity contribution in [2.24, 2.45) is 17.0 Å². The van der Waals surface area contributed by atoms with Crippen molar-refractivity contribution < 1.29 is 21.6 Å². The normalized spacial score (nSPS) is 31.8. The predicted molar refractivity (Wildman–Crippen MR) is 91.4 cm³/mol. The van der Waals surface area contributed by atoms with Gasteiger partial charge in [0.05, 0.1) is 11.3 Å². The monoisotopic (exact) mass is 330 g/mol. The molecule has 1 aliphatic heterocycles. The fourth-order valence-electron chi connectivity index (χ4n) is 3.11. The first-order valence-corrected chi connectivity index (χ1v) is 8.94. The number of oxime groups is 1. The molecule has 1 aliphatic carbocycles. The Morgan fingerprint density at radius 1 is 1.55 bits per heavy atom. The molecule has 2 atom stereocenters. The van der Waals surface area contributed by atoms with Gasteiger partial charge in [-0.1, -0.05) is 18.4 Å². The highest BCUT2D eigenvalue weighted by atomic mass is 32.2. The van der Waals surface area contributed by atoms with Crippen LogP contribution < -0.4 is 0 Å². The highest BCUT2D eigenvalue weighted by Crippen LogP contribution is 2.38. The molecule has 124 valence electrons. The topological polar surface area (TPSA) is 58.9 Å². The van der Waals surface area contributed by atoms with E-state index in [4.69, 9.17) is 11.7 Å². The van der Waals surface area contributed by atoms with E-state index in [-0.39, 0.29) is 41.8 Å². The zero-order valence-electron chi connectivity index (χ0n) is 17.9. The molecule has 0 saturated carbocycles. The molecule has 0 aromatic carbocycles. The van der Waals surface area contributed by atoms with Crippen molar-refractivity contribution >= 4 is 23.3 Å². The number of carbonyl (C=O) groups is 1. The average Bonchev–Trinajstić information content (AvgIpc) is 2.58. The molecule has 0 amide bonds.